The number of anilines is 1. The van der Waals surface area contributed by atoms with Crippen molar-refractivity contribution >= 4 is 39.6 Å². The van der Waals surface area contributed by atoms with Gasteiger partial charge in [0, 0.05) is 10.2 Å². The van der Waals surface area contributed by atoms with Gasteiger partial charge in [0.15, 0.2) is 11.5 Å². The van der Waals surface area contributed by atoms with Gasteiger partial charge in [0.05, 0.1) is 12.7 Å². The van der Waals surface area contributed by atoms with Crippen molar-refractivity contribution < 1.29 is 24.2 Å². The maximum atomic E-state index is 12.6. The number of hydrogen-bond acceptors (Lipinski definition) is 5. The lowest BCUT2D eigenvalue weighted by Gasteiger charge is -2.13. The standard InChI is InChI=1S/C26H21BrN2O5/c1-16-6-8-17(9-7-16)15-34-24-13-22(27)19(12-23(24)33-2)10-20(14-28)25(30)29-21-5-3-4-18(11-21)26(31)32/h3-13H,15H2,1-2H3,(H,29,30)(H,31,32)/b20-10-. The van der Waals surface area contributed by atoms with Crippen molar-refractivity contribution in [2.24, 2.45) is 0 Å². The Kier molecular flexibility index (Phi) is 8.06. The van der Waals surface area contributed by atoms with Crippen molar-refractivity contribution in [3.05, 3.63) is 93.0 Å². The zero-order valence-corrected chi connectivity index (χ0v) is 20.0. The third kappa shape index (κ3) is 6.24. The molecule has 1 amide bonds. The van der Waals surface area contributed by atoms with Gasteiger partial charge >= 0.3 is 5.97 Å². The number of carboxylic acid groups (broad SMARTS) is 1. The van der Waals surface area contributed by atoms with Gasteiger partial charge in [-0.2, -0.15) is 5.26 Å². The van der Waals surface area contributed by atoms with Gasteiger partial charge in [-0.15, -0.1) is 0 Å². The minimum absolute atomic E-state index is 0.0222. The number of carbonyl (C=O) groups excluding carboxylic acids is 1. The van der Waals surface area contributed by atoms with Gasteiger partial charge in [0.25, 0.3) is 5.91 Å². The summed E-state index contributed by atoms with van der Waals surface area (Å²) in [6, 6.07) is 19.0. The van der Waals surface area contributed by atoms with E-state index in [1.165, 1.54) is 31.4 Å². The van der Waals surface area contributed by atoms with Crippen LogP contribution in [-0.2, 0) is 11.4 Å². The summed E-state index contributed by atoms with van der Waals surface area (Å²) in [5.41, 5.74) is 2.81. The van der Waals surface area contributed by atoms with Crippen LogP contribution >= 0.6 is 15.9 Å². The zero-order chi connectivity index (χ0) is 24.7. The Labute approximate surface area is 205 Å². The van der Waals surface area contributed by atoms with E-state index in [0.717, 1.165) is 11.1 Å². The molecule has 0 saturated heterocycles. The van der Waals surface area contributed by atoms with Crippen molar-refractivity contribution in [3.8, 4) is 17.6 Å². The summed E-state index contributed by atoms with van der Waals surface area (Å²) in [5.74, 6) is -0.850. The number of nitrogens with zero attached hydrogens (tertiary/aromatic N) is 1. The maximum absolute atomic E-state index is 12.6. The molecule has 172 valence electrons. The van der Waals surface area contributed by atoms with Gasteiger partial charge in [-0.3, -0.25) is 4.79 Å². The van der Waals surface area contributed by atoms with E-state index in [9.17, 15) is 14.9 Å². The number of carboxylic acids is 1. The summed E-state index contributed by atoms with van der Waals surface area (Å²) in [7, 11) is 1.50. The molecule has 2 N–H and O–H groups in total. The van der Waals surface area contributed by atoms with E-state index in [4.69, 9.17) is 14.6 Å². The number of methoxy groups -OCH3 is 1. The highest BCUT2D eigenvalue weighted by Gasteiger charge is 2.15. The molecule has 0 radical (unpaired) electrons. The van der Waals surface area contributed by atoms with Crippen LogP contribution in [0.2, 0.25) is 0 Å². The quantitative estimate of drug-likeness (QED) is 0.296. The SMILES string of the molecule is COc1cc(/C=C(/C#N)C(=O)Nc2cccc(C(=O)O)c2)c(Br)cc1OCc1ccc(C)cc1. The molecule has 8 heteroatoms. The predicted molar refractivity (Wildman–Crippen MR) is 132 cm³/mol. The maximum Gasteiger partial charge on any atom is 0.335 e. The first-order valence-corrected chi connectivity index (χ1v) is 10.9. The largest absolute Gasteiger partial charge is 0.493 e. The first kappa shape index (κ1) is 24.6. The van der Waals surface area contributed by atoms with Gasteiger partial charge in [0.2, 0.25) is 0 Å². The zero-order valence-electron chi connectivity index (χ0n) is 18.5. The highest BCUT2D eigenvalue weighted by molar-refractivity contribution is 9.10. The molecule has 34 heavy (non-hydrogen) atoms. The third-order valence-corrected chi connectivity index (χ3v) is 5.52. The van der Waals surface area contributed by atoms with E-state index in [-0.39, 0.29) is 16.8 Å². The number of halogens is 1. The van der Waals surface area contributed by atoms with Crippen molar-refractivity contribution in [2.75, 3.05) is 12.4 Å². The van der Waals surface area contributed by atoms with Crippen LogP contribution in [0.3, 0.4) is 0 Å². The van der Waals surface area contributed by atoms with Crippen LogP contribution in [0.4, 0.5) is 5.69 Å². The Morgan fingerprint density at radius 3 is 2.50 bits per heavy atom. The average molecular weight is 521 g/mol. The summed E-state index contributed by atoms with van der Waals surface area (Å²) < 4.78 is 11.9. The summed E-state index contributed by atoms with van der Waals surface area (Å²) >= 11 is 3.46. The van der Waals surface area contributed by atoms with E-state index in [2.05, 4.69) is 21.2 Å². The Balaban J connectivity index is 1.81. The second-order valence-electron chi connectivity index (χ2n) is 7.31. The number of carbonyl (C=O) groups is 2. The molecule has 0 bridgehead atoms. The molecule has 7 nitrogen and oxygen atoms in total. The Bertz CT molecular complexity index is 1290. The van der Waals surface area contributed by atoms with Crippen LogP contribution < -0.4 is 14.8 Å². The van der Waals surface area contributed by atoms with E-state index in [1.807, 2.05) is 37.3 Å². The van der Waals surface area contributed by atoms with Crippen LogP contribution in [0.5, 0.6) is 11.5 Å². The molecule has 0 aliphatic heterocycles. The molecule has 0 unspecified atom stereocenters. The molecule has 0 aromatic heterocycles. The van der Waals surface area contributed by atoms with Crippen molar-refractivity contribution in [3.63, 3.8) is 0 Å². The smallest absolute Gasteiger partial charge is 0.335 e. The van der Waals surface area contributed by atoms with Crippen LogP contribution in [0.1, 0.15) is 27.0 Å². The molecular weight excluding hydrogens is 500 g/mol. The van der Waals surface area contributed by atoms with Gasteiger partial charge < -0.3 is 19.9 Å². The molecular formula is C26H21BrN2O5. The number of hydrogen-bond donors (Lipinski definition) is 2. The average Bonchev–Trinajstić information content (AvgIpc) is 2.83. The minimum atomic E-state index is -1.12. The fraction of sp³-hybridized carbons (Fsp3) is 0.115. The molecule has 0 heterocycles. The van der Waals surface area contributed by atoms with E-state index >= 15 is 0 Å². The predicted octanol–water partition coefficient (Wildman–Crippen LogP) is 5.59. The second kappa shape index (κ2) is 11.2. The Hall–Kier alpha value is -4.09. The van der Waals surface area contributed by atoms with Crippen LogP contribution in [0.25, 0.3) is 6.08 Å². The van der Waals surface area contributed by atoms with Gasteiger partial charge in [0.1, 0.15) is 18.2 Å². The number of ether oxygens (including phenoxy) is 2. The number of nitrogens with one attached hydrogen (secondary N) is 1. The number of amides is 1. The van der Waals surface area contributed by atoms with Crippen molar-refractivity contribution in [1.82, 2.24) is 0 Å². The molecule has 3 aromatic carbocycles. The third-order valence-electron chi connectivity index (χ3n) is 4.83. The highest BCUT2D eigenvalue weighted by Crippen LogP contribution is 2.35. The summed E-state index contributed by atoms with van der Waals surface area (Å²) in [6.07, 6.45) is 1.41. The van der Waals surface area contributed by atoms with Gasteiger partial charge in [-0.25, -0.2) is 4.79 Å². The Morgan fingerprint density at radius 2 is 1.85 bits per heavy atom. The summed E-state index contributed by atoms with van der Waals surface area (Å²) in [5, 5.41) is 21.2. The second-order valence-corrected chi connectivity index (χ2v) is 8.16. The fourth-order valence-electron chi connectivity index (χ4n) is 3.01. The molecule has 0 aliphatic carbocycles. The molecule has 3 rings (SSSR count). The number of nitriles is 1. The fourth-order valence-corrected chi connectivity index (χ4v) is 3.45. The first-order valence-electron chi connectivity index (χ1n) is 10.1. The summed E-state index contributed by atoms with van der Waals surface area (Å²) in [6.45, 7) is 2.36. The topological polar surface area (TPSA) is 109 Å². The minimum Gasteiger partial charge on any atom is -0.493 e. The number of rotatable bonds is 8. The first-order chi connectivity index (χ1) is 16.3. The molecule has 3 aromatic rings. The molecule has 0 saturated carbocycles. The van der Waals surface area contributed by atoms with E-state index in [0.29, 0.717) is 28.1 Å². The Morgan fingerprint density at radius 1 is 1.12 bits per heavy atom. The van der Waals surface area contributed by atoms with E-state index in [1.54, 1.807) is 18.2 Å². The van der Waals surface area contributed by atoms with Crippen LogP contribution in [-0.4, -0.2) is 24.1 Å². The number of benzene rings is 3. The van der Waals surface area contributed by atoms with Crippen molar-refractivity contribution in [1.29, 1.82) is 5.26 Å². The lowest BCUT2D eigenvalue weighted by atomic mass is 10.1. The van der Waals surface area contributed by atoms with Gasteiger partial charge in [-0.05, 0) is 54.5 Å². The normalized spacial score (nSPS) is 10.8. The van der Waals surface area contributed by atoms with Gasteiger partial charge in [-0.1, -0.05) is 51.8 Å². The molecule has 0 aliphatic rings. The molecule has 0 atom stereocenters. The van der Waals surface area contributed by atoms with Crippen LogP contribution in [0, 0.1) is 18.3 Å². The lowest BCUT2D eigenvalue weighted by Crippen LogP contribution is -2.14. The lowest BCUT2D eigenvalue weighted by molar-refractivity contribution is -0.112. The van der Waals surface area contributed by atoms with Crippen LogP contribution in [0.15, 0.2) is 70.7 Å². The summed E-state index contributed by atoms with van der Waals surface area (Å²) in [4.78, 5) is 23.8. The molecule has 0 spiro atoms. The van der Waals surface area contributed by atoms with Crippen molar-refractivity contribution in [2.45, 2.75) is 13.5 Å². The number of aryl methyl sites for hydroxylation is 1. The molecule has 0 fully saturated rings. The highest BCUT2D eigenvalue weighted by atomic mass is 79.9. The van der Waals surface area contributed by atoms with E-state index < -0.39 is 11.9 Å². The number of aromatic carboxylic acids is 1. The monoisotopic (exact) mass is 520 g/mol.